The third-order valence-electron chi connectivity index (χ3n) is 3.32. The van der Waals surface area contributed by atoms with Crippen molar-refractivity contribution in [2.75, 3.05) is 0 Å². The van der Waals surface area contributed by atoms with Crippen molar-refractivity contribution in [1.29, 1.82) is 0 Å². The highest BCUT2D eigenvalue weighted by Gasteiger charge is 2.33. The molecule has 0 saturated carbocycles. The van der Waals surface area contributed by atoms with Gasteiger partial charge in [0.1, 0.15) is 6.61 Å². The van der Waals surface area contributed by atoms with Crippen LogP contribution in [0.25, 0.3) is 0 Å². The largest absolute Gasteiger partial charge is 0.368 e. The van der Waals surface area contributed by atoms with Crippen LogP contribution in [-0.4, -0.2) is 32.3 Å². The third kappa shape index (κ3) is 6.08. The predicted molar refractivity (Wildman–Crippen MR) is 113 cm³/mol. The first kappa shape index (κ1) is 23.2. The lowest BCUT2D eigenvalue weighted by Crippen LogP contribution is -2.53. The fourth-order valence-corrected chi connectivity index (χ4v) is 3.40. The van der Waals surface area contributed by atoms with Crippen LogP contribution in [0.5, 0.6) is 0 Å². The van der Waals surface area contributed by atoms with E-state index in [0.717, 1.165) is 0 Å². The Morgan fingerprint density at radius 2 is 1.96 bits per heavy atom. The summed E-state index contributed by atoms with van der Waals surface area (Å²) in [5.41, 5.74) is 11.3. The monoisotopic (exact) mass is 460 g/mol. The summed E-state index contributed by atoms with van der Waals surface area (Å²) < 4.78 is -0.135. The first-order valence-electron chi connectivity index (χ1n) is 7.98. The van der Waals surface area contributed by atoms with Crippen molar-refractivity contribution in [2.45, 2.75) is 56.5 Å². The number of rotatable bonds is 5. The minimum absolute atomic E-state index is 0. The van der Waals surface area contributed by atoms with E-state index in [2.05, 4.69) is 9.98 Å². The Morgan fingerprint density at radius 3 is 2.48 bits per heavy atom. The average Bonchev–Trinajstić information content (AvgIpc) is 2.44. The molecule has 0 atom stereocenters. The topological polar surface area (TPSA) is 132 Å². The predicted octanol–water partition coefficient (Wildman–Crippen LogP) is 3.18. The molecule has 0 unspecified atom stereocenters. The van der Waals surface area contributed by atoms with E-state index in [9.17, 15) is 10.1 Å². The number of hydrogen-bond acceptors (Lipinski definition) is 9. The van der Waals surface area contributed by atoms with Crippen LogP contribution < -0.4 is 11.5 Å². The second-order valence-corrected chi connectivity index (χ2v) is 9.14. The van der Waals surface area contributed by atoms with Gasteiger partial charge in [0.05, 0.1) is 9.82 Å². The number of hydrogen-bond donors (Lipinski definition) is 2. The average molecular weight is 461 g/mol. The van der Waals surface area contributed by atoms with Crippen molar-refractivity contribution in [3.8, 4) is 0 Å². The molecule has 1 heterocycles. The minimum atomic E-state index is -0.829. The summed E-state index contributed by atoms with van der Waals surface area (Å²) in [6.45, 7) is 9.64. The van der Waals surface area contributed by atoms with Crippen molar-refractivity contribution in [2.24, 2.45) is 21.5 Å². The van der Waals surface area contributed by atoms with Gasteiger partial charge in [0.15, 0.2) is 5.66 Å². The molecule has 1 aliphatic rings. The van der Waals surface area contributed by atoms with Crippen molar-refractivity contribution >= 4 is 46.3 Å². The van der Waals surface area contributed by atoms with E-state index in [1.807, 2.05) is 20.8 Å². The van der Waals surface area contributed by atoms with E-state index in [1.54, 1.807) is 26.0 Å². The number of hydroxylamine groups is 2. The highest BCUT2D eigenvalue weighted by atomic mass is 79.9. The van der Waals surface area contributed by atoms with Crippen LogP contribution in [0.1, 0.15) is 40.2 Å². The number of nitro benzene ring substituents is 1. The molecule has 27 heavy (non-hydrogen) atoms. The lowest BCUT2D eigenvalue weighted by molar-refractivity contribution is -0.387. The van der Waals surface area contributed by atoms with Gasteiger partial charge in [-0.3, -0.25) is 15.0 Å². The number of aliphatic imine (C=N–C) groups is 2. The van der Waals surface area contributed by atoms with Crippen molar-refractivity contribution in [1.82, 2.24) is 5.06 Å². The quantitative estimate of drug-likeness (QED) is 0.391. The van der Waals surface area contributed by atoms with Gasteiger partial charge in [-0.1, -0.05) is 26.8 Å². The molecule has 0 radical (unpaired) electrons. The summed E-state index contributed by atoms with van der Waals surface area (Å²) in [6.07, 6.45) is 0. The van der Waals surface area contributed by atoms with Crippen molar-refractivity contribution in [3.63, 3.8) is 0 Å². The first-order chi connectivity index (χ1) is 11.9. The number of nitro groups is 1. The Balaban J connectivity index is 0.00000364. The first-order valence-corrected chi connectivity index (χ1v) is 8.80. The Morgan fingerprint density at radius 1 is 1.33 bits per heavy atom. The lowest BCUT2D eigenvalue weighted by atomic mass is 10.2. The molecule has 1 aromatic carbocycles. The summed E-state index contributed by atoms with van der Waals surface area (Å²) in [4.78, 5) is 25.4. The molecule has 9 nitrogen and oxygen atoms in total. The smallest absolute Gasteiger partial charge is 0.283 e. The molecule has 0 saturated heterocycles. The van der Waals surface area contributed by atoms with E-state index < -0.39 is 5.66 Å². The summed E-state index contributed by atoms with van der Waals surface area (Å²) in [7, 11) is 0. The van der Waals surface area contributed by atoms with Crippen LogP contribution in [0.2, 0.25) is 0 Å². The molecule has 1 aromatic rings. The number of nitrogens with two attached hydrogens (primary N) is 2. The SMILES string of the molecule is Br.CC(C)(C)Sc1ccc(CON2C(N)=NC(N)=NC2(C)C)cc1[N+](=O)[O-]. The zero-order chi connectivity index (χ0) is 19.7. The second kappa shape index (κ2) is 8.44. The summed E-state index contributed by atoms with van der Waals surface area (Å²) in [5.74, 6) is 0.156. The van der Waals surface area contributed by atoms with Crippen LogP contribution in [0.15, 0.2) is 33.1 Å². The Hall–Kier alpha value is -1.85. The van der Waals surface area contributed by atoms with Gasteiger partial charge in [-0.05, 0) is 25.5 Å². The van der Waals surface area contributed by atoms with E-state index in [4.69, 9.17) is 16.3 Å². The van der Waals surface area contributed by atoms with Crippen molar-refractivity contribution < 1.29 is 9.76 Å². The molecule has 0 fully saturated rings. The molecular weight excluding hydrogens is 436 g/mol. The van der Waals surface area contributed by atoms with Gasteiger partial charge < -0.3 is 11.5 Å². The number of benzene rings is 1. The van der Waals surface area contributed by atoms with Gasteiger partial charge >= 0.3 is 0 Å². The fraction of sp³-hybridized carbons (Fsp3) is 0.500. The summed E-state index contributed by atoms with van der Waals surface area (Å²) >= 11 is 1.45. The van der Waals surface area contributed by atoms with Gasteiger partial charge in [0.2, 0.25) is 11.9 Å². The van der Waals surface area contributed by atoms with Crippen LogP contribution >= 0.6 is 28.7 Å². The Bertz CT molecular complexity index is 776. The van der Waals surface area contributed by atoms with Gasteiger partial charge in [-0.2, -0.15) is 10.1 Å². The molecule has 0 bridgehead atoms. The molecule has 2 rings (SSSR count). The standard InChI is InChI=1S/C16H24N6O3S.BrH/c1-15(2,3)26-12-7-6-10(8-11(12)22(23)24)9-25-21-14(18)19-13(17)20-16(21,4)5;/h6-8H,9H2,1-5H3,(H4,17,18,19,20);1H. The van der Waals surface area contributed by atoms with Gasteiger partial charge in [0.25, 0.3) is 5.69 Å². The van der Waals surface area contributed by atoms with Gasteiger partial charge in [-0.15, -0.1) is 28.7 Å². The maximum absolute atomic E-state index is 11.4. The normalized spacial score (nSPS) is 16.3. The van der Waals surface area contributed by atoms with Gasteiger partial charge in [0, 0.05) is 10.8 Å². The number of thioether (sulfide) groups is 1. The zero-order valence-corrected chi connectivity index (χ0v) is 18.5. The summed E-state index contributed by atoms with van der Waals surface area (Å²) in [6, 6.07) is 5.04. The number of halogens is 1. The van der Waals surface area contributed by atoms with E-state index >= 15 is 0 Å². The molecule has 11 heteroatoms. The molecule has 0 amide bonds. The highest BCUT2D eigenvalue weighted by Crippen LogP contribution is 2.38. The number of nitrogens with zero attached hydrogens (tertiary/aromatic N) is 4. The fourth-order valence-electron chi connectivity index (χ4n) is 2.37. The van der Waals surface area contributed by atoms with Crippen LogP contribution in [-0.2, 0) is 11.4 Å². The van der Waals surface area contributed by atoms with Crippen LogP contribution in [0, 0.1) is 10.1 Å². The zero-order valence-electron chi connectivity index (χ0n) is 15.9. The summed E-state index contributed by atoms with van der Waals surface area (Å²) in [5, 5.41) is 12.8. The van der Waals surface area contributed by atoms with E-state index in [-0.39, 0.29) is 50.9 Å². The van der Waals surface area contributed by atoms with E-state index in [0.29, 0.717) is 10.5 Å². The molecule has 0 aromatic heterocycles. The maximum atomic E-state index is 11.4. The van der Waals surface area contributed by atoms with Gasteiger partial charge in [-0.25, -0.2) is 4.99 Å². The van der Waals surface area contributed by atoms with Crippen molar-refractivity contribution in [3.05, 3.63) is 33.9 Å². The van der Waals surface area contributed by atoms with Crippen LogP contribution in [0.3, 0.4) is 0 Å². The highest BCUT2D eigenvalue weighted by molar-refractivity contribution is 8.93. The molecule has 4 N–H and O–H groups in total. The maximum Gasteiger partial charge on any atom is 0.283 e. The molecule has 0 aliphatic carbocycles. The molecular formula is C16H25BrN6O3S. The molecule has 0 spiro atoms. The molecule has 1 aliphatic heterocycles. The minimum Gasteiger partial charge on any atom is -0.368 e. The number of guanidine groups is 2. The Labute approximate surface area is 173 Å². The third-order valence-corrected chi connectivity index (χ3v) is 4.50. The molecule has 150 valence electrons. The second-order valence-electron chi connectivity index (χ2n) is 7.28. The Kier molecular flexibility index (Phi) is 7.25. The van der Waals surface area contributed by atoms with E-state index in [1.165, 1.54) is 22.9 Å². The van der Waals surface area contributed by atoms with Crippen LogP contribution in [0.4, 0.5) is 5.69 Å². The lowest BCUT2D eigenvalue weighted by Gasteiger charge is -2.36.